The predicted octanol–water partition coefficient (Wildman–Crippen LogP) is 1.62. The van der Waals surface area contributed by atoms with Crippen LogP contribution in [0.5, 0.6) is 0 Å². The molecule has 2 nitrogen and oxygen atoms in total. The summed E-state index contributed by atoms with van der Waals surface area (Å²) < 4.78 is 2.34. The van der Waals surface area contributed by atoms with Crippen LogP contribution in [0.15, 0.2) is 127 Å². The van der Waals surface area contributed by atoms with Gasteiger partial charge in [0.1, 0.15) is 45.1 Å². The molecule has 7 aromatic carbocycles. The van der Waals surface area contributed by atoms with Crippen LogP contribution < -0.4 is 27.3 Å². The minimum absolute atomic E-state index is 0.998. The number of hydrogen-bond donors (Lipinski definition) is 0. The maximum Gasteiger partial charge on any atom is 0.144 e. The van der Waals surface area contributed by atoms with Gasteiger partial charge in [-0.2, -0.15) is 0 Å². The molecule has 7 heteroatoms. The summed E-state index contributed by atoms with van der Waals surface area (Å²) >= 11 is 0. The second-order valence-corrected chi connectivity index (χ2v) is 12.5. The molecule has 0 atom stereocenters. The fraction of sp³-hybridized carbons (Fsp3) is 0. The number of benzene rings is 7. The molecule has 0 radical (unpaired) electrons. The van der Waals surface area contributed by atoms with Gasteiger partial charge in [-0.3, -0.25) is 4.57 Å². The van der Waals surface area contributed by atoms with E-state index in [-0.39, 0.29) is 0 Å². The minimum atomic E-state index is 0.998. The Morgan fingerprint density at radius 1 is 0.391 bits per heavy atom. The summed E-state index contributed by atoms with van der Waals surface area (Å²) in [6.45, 7) is 0. The Morgan fingerprint density at radius 3 is 1.37 bits per heavy atom. The molecule has 1 heterocycles. The third kappa shape index (κ3) is 4.30. The predicted molar refractivity (Wildman–Crippen MR) is 213 cm³/mol. The lowest BCUT2D eigenvalue weighted by Crippen LogP contribution is -2.55. The highest BCUT2D eigenvalue weighted by Gasteiger charge is 2.21. The molecule has 0 saturated carbocycles. The third-order valence-electron chi connectivity index (χ3n) is 10.2. The van der Waals surface area contributed by atoms with E-state index in [0.717, 1.165) is 22.5 Å². The molecule has 212 valence electrons. The van der Waals surface area contributed by atoms with E-state index in [2.05, 4.69) is 171 Å². The van der Waals surface area contributed by atoms with E-state index in [4.69, 9.17) is 4.98 Å². The molecular weight excluding hydrogens is 551 g/mol. The molecule has 0 aliphatic rings. The minimum Gasteiger partial charge on any atom is -0.292 e. The first kappa shape index (κ1) is 28.3. The standard InChI is InChI=1S/C39H31B5N2/c40-34-33(35(41)37(43)38(44)36(34)42)39-45-29-16-8-9-17-30(29)46(39)24-20-18-23(19-21-24)32-27-14-6-4-12-25(27)31(22-10-2-1-3-11-22)26-13-5-7-15-28(26)32/h1-21H,40-44H2. The van der Waals surface area contributed by atoms with Crippen LogP contribution in [0.2, 0.25) is 0 Å². The van der Waals surface area contributed by atoms with E-state index in [1.807, 2.05) is 0 Å². The number of hydrogen-bond acceptors (Lipinski definition) is 1. The molecular formula is C39H31B5N2. The van der Waals surface area contributed by atoms with E-state index >= 15 is 0 Å². The van der Waals surface area contributed by atoms with Gasteiger partial charge in [-0.1, -0.05) is 114 Å². The second-order valence-electron chi connectivity index (χ2n) is 12.5. The van der Waals surface area contributed by atoms with Gasteiger partial charge in [0.25, 0.3) is 0 Å². The second kappa shape index (κ2) is 11.0. The summed E-state index contributed by atoms with van der Waals surface area (Å²) in [6.07, 6.45) is 0. The Balaban J connectivity index is 1.36. The molecule has 0 aliphatic carbocycles. The van der Waals surface area contributed by atoms with Gasteiger partial charge in [0.2, 0.25) is 0 Å². The van der Waals surface area contributed by atoms with Gasteiger partial charge in [0.15, 0.2) is 0 Å². The van der Waals surface area contributed by atoms with Gasteiger partial charge < -0.3 is 0 Å². The quantitative estimate of drug-likeness (QED) is 0.228. The Kier molecular flexibility index (Phi) is 6.80. The lowest BCUT2D eigenvalue weighted by molar-refractivity contribution is 1.11. The Hall–Kier alpha value is -5.15. The SMILES string of the molecule is Bc1c(B)c(B)c(-c2nc3ccccc3n2-c2ccc(-c3c4ccccc4c(-c4ccccc4)c4ccccc34)cc2)c(B)c1B. The average molecular weight is 582 g/mol. The van der Waals surface area contributed by atoms with Crippen molar-refractivity contribution >= 4 is 99.1 Å². The van der Waals surface area contributed by atoms with E-state index in [1.54, 1.807) is 0 Å². The van der Waals surface area contributed by atoms with Crippen LogP contribution in [0.3, 0.4) is 0 Å². The van der Waals surface area contributed by atoms with Crippen molar-refractivity contribution in [2.24, 2.45) is 0 Å². The largest absolute Gasteiger partial charge is 0.292 e. The highest BCUT2D eigenvalue weighted by atomic mass is 15.1. The monoisotopic (exact) mass is 582 g/mol. The van der Waals surface area contributed by atoms with Crippen molar-refractivity contribution in [3.05, 3.63) is 127 Å². The van der Waals surface area contributed by atoms with Crippen LogP contribution in [0.25, 0.3) is 71.9 Å². The van der Waals surface area contributed by atoms with Crippen molar-refractivity contribution in [1.82, 2.24) is 9.55 Å². The topological polar surface area (TPSA) is 17.8 Å². The molecule has 0 spiro atoms. The molecule has 8 rings (SSSR count). The molecule has 0 unspecified atom stereocenters. The summed E-state index contributed by atoms with van der Waals surface area (Å²) in [5.41, 5.74) is 16.1. The summed E-state index contributed by atoms with van der Waals surface area (Å²) in [5.74, 6) is 0.998. The van der Waals surface area contributed by atoms with Gasteiger partial charge in [-0.05, 0) is 68.1 Å². The van der Waals surface area contributed by atoms with Crippen molar-refractivity contribution in [2.45, 2.75) is 0 Å². The molecule has 46 heavy (non-hydrogen) atoms. The van der Waals surface area contributed by atoms with Crippen molar-refractivity contribution < 1.29 is 0 Å². The van der Waals surface area contributed by atoms with Gasteiger partial charge >= 0.3 is 0 Å². The Morgan fingerprint density at radius 2 is 0.826 bits per heavy atom. The zero-order valence-corrected chi connectivity index (χ0v) is 27.0. The van der Waals surface area contributed by atoms with Crippen molar-refractivity contribution in [3.63, 3.8) is 0 Å². The number of para-hydroxylation sites is 2. The number of aromatic nitrogens is 2. The van der Waals surface area contributed by atoms with Crippen LogP contribution in [-0.2, 0) is 0 Å². The van der Waals surface area contributed by atoms with Crippen LogP contribution in [0.1, 0.15) is 0 Å². The number of nitrogens with zero attached hydrogens (tertiary/aromatic N) is 2. The van der Waals surface area contributed by atoms with E-state index in [9.17, 15) is 0 Å². The zero-order valence-electron chi connectivity index (χ0n) is 27.0. The van der Waals surface area contributed by atoms with Crippen LogP contribution >= 0.6 is 0 Å². The molecule has 0 fully saturated rings. The Bertz CT molecular complexity index is 2380. The summed E-state index contributed by atoms with van der Waals surface area (Å²) in [6, 6.07) is 46.1. The first-order valence-electron chi connectivity index (χ1n) is 16.1. The maximum absolute atomic E-state index is 5.26. The first-order chi connectivity index (χ1) is 22.4. The highest BCUT2D eigenvalue weighted by molar-refractivity contribution is 6.68. The highest BCUT2D eigenvalue weighted by Crippen LogP contribution is 2.43. The fourth-order valence-electron chi connectivity index (χ4n) is 7.42. The van der Waals surface area contributed by atoms with E-state index < -0.39 is 0 Å². The number of imidazole rings is 1. The van der Waals surface area contributed by atoms with E-state index in [0.29, 0.717) is 0 Å². The molecule has 8 aromatic rings. The van der Waals surface area contributed by atoms with Gasteiger partial charge in [-0.15, -0.1) is 16.4 Å². The Labute approximate surface area is 274 Å². The van der Waals surface area contributed by atoms with Crippen LogP contribution in [0, 0.1) is 0 Å². The molecule has 0 amide bonds. The summed E-state index contributed by atoms with van der Waals surface area (Å²) in [5, 5.41) is 5.06. The van der Waals surface area contributed by atoms with Crippen molar-refractivity contribution in [1.29, 1.82) is 0 Å². The van der Waals surface area contributed by atoms with E-state index in [1.165, 1.54) is 76.7 Å². The smallest absolute Gasteiger partial charge is 0.144 e. The van der Waals surface area contributed by atoms with Crippen LogP contribution in [0.4, 0.5) is 0 Å². The van der Waals surface area contributed by atoms with Crippen LogP contribution in [-0.4, -0.2) is 48.8 Å². The first-order valence-corrected chi connectivity index (χ1v) is 16.1. The maximum atomic E-state index is 5.26. The zero-order chi connectivity index (χ0) is 31.5. The summed E-state index contributed by atoms with van der Waals surface area (Å²) in [7, 11) is 11.2. The number of rotatable bonds is 4. The fourth-order valence-corrected chi connectivity index (χ4v) is 7.42. The lowest BCUT2D eigenvalue weighted by atomic mass is 9.60. The average Bonchev–Trinajstić information content (AvgIpc) is 3.48. The molecule has 0 N–H and O–H groups in total. The molecule has 1 aromatic heterocycles. The third-order valence-corrected chi connectivity index (χ3v) is 10.2. The lowest BCUT2D eigenvalue weighted by Gasteiger charge is -2.21. The van der Waals surface area contributed by atoms with Gasteiger partial charge in [0.05, 0.1) is 11.0 Å². The number of fused-ring (bicyclic) bond motifs is 3. The normalized spacial score (nSPS) is 11.5. The molecule has 0 saturated heterocycles. The molecule has 0 aliphatic heterocycles. The van der Waals surface area contributed by atoms with Gasteiger partial charge in [0, 0.05) is 11.3 Å². The van der Waals surface area contributed by atoms with Crippen molar-refractivity contribution in [2.75, 3.05) is 0 Å². The van der Waals surface area contributed by atoms with Gasteiger partial charge in [-0.25, -0.2) is 4.98 Å². The summed E-state index contributed by atoms with van der Waals surface area (Å²) in [4.78, 5) is 5.26. The van der Waals surface area contributed by atoms with Crippen molar-refractivity contribution in [3.8, 4) is 39.3 Å². The molecule has 0 bridgehead atoms.